The highest BCUT2D eigenvalue weighted by molar-refractivity contribution is 6.13. The van der Waals surface area contributed by atoms with Crippen molar-refractivity contribution in [1.82, 2.24) is 10.3 Å². The highest BCUT2D eigenvalue weighted by atomic mass is 16.2. The molecule has 4 heteroatoms. The first-order valence-corrected chi connectivity index (χ1v) is 4.24. The van der Waals surface area contributed by atoms with Crippen LogP contribution in [0.2, 0.25) is 0 Å². The molecule has 1 aromatic rings. The summed E-state index contributed by atoms with van der Waals surface area (Å²) in [6.07, 6.45) is 5.08. The van der Waals surface area contributed by atoms with Crippen LogP contribution < -0.4 is 5.32 Å². The molecule has 0 spiro atoms. The van der Waals surface area contributed by atoms with E-state index in [0.29, 0.717) is 11.5 Å². The molecule has 0 fully saturated rings. The number of carbonyl (C=O) groups is 1. The molecule has 0 saturated carbocycles. The first-order valence-electron chi connectivity index (χ1n) is 4.24. The Bertz CT molecular complexity index is 420. The summed E-state index contributed by atoms with van der Waals surface area (Å²) in [5.74, 6) is 0.469. The number of rotatable bonds is 1. The smallest absolute Gasteiger partial charge is 0.275 e. The van der Waals surface area contributed by atoms with E-state index in [1.165, 1.54) is 0 Å². The van der Waals surface area contributed by atoms with Gasteiger partial charge in [-0.05, 0) is 24.6 Å². The van der Waals surface area contributed by atoms with E-state index >= 15 is 0 Å². The SMILES string of the molecule is CC1=N/C(=C/c2cccnc2)C(=O)N1. The van der Waals surface area contributed by atoms with Gasteiger partial charge in [0, 0.05) is 12.4 Å². The minimum Gasteiger partial charge on any atom is -0.309 e. The Balaban J connectivity index is 2.32. The Morgan fingerprint density at radius 1 is 1.50 bits per heavy atom. The van der Waals surface area contributed by atoms with Crippen LogP contribution in [0.1, 0.15) is 12.5 Å². The molecule has 70 valence electrons. The van der Waals surface area contributed by atoms with Crippen LogP contribution >= 0.6 is 0 Å². The molecule has 2 rings (SSSR count). The van der Waals surface area contributed by atoms with Crippen LogP contribution in [0.5, 0.6) is 0 Å². The van der Waals surface area contributed by atoms with Gasteiger partial charge in [0.05, 0.1) is 0 Å². The number of hydrogen-bond acceptors (Lipinski definition) is 3. The van der Waals surface area contributed by atoms with Gasteiger partial charge in [0.2, 0.25) is 0 Å². The first kappa shape index (κ1) is 8.62. The number of nitrogens with zero attached hydrogens (tertiary/aromatic N) is 2. The van der Waals surface area contributed by atoms with E-state index in [9.17, 15) is 4.79 Å². The van der Waals surface area contributed by atoms with Crippen LogP contribution in [0.4, 0.5) is 0 Å². The second kappa shape index (κ2) is 3.41. The third-order valence-electron chi connectivity index (χ3n) is 1.80. The van der Waals surface area contributed by atoms with Crippen LogP contribution in [-0.2, 0) is 4.79 Å². The largest absolute Gasteiger partial charge is 0.309 e. The van der Waals surface area contributed by atoms with Crippen molar-refractivity contribution in [3.05, 3.63) is 35.8 Å². The van der Waals surface area contributed by atoms with Gasteiger partial charge in [-0.2, -0.15) is 0 Å². The molecule has 14 heavy (non-hydrogen) atoms. The maximum atomic E-state index is 11.3. The summed E-state index contributed by atoms with van der Waals surface area (Å²) in [4.78, 5) is 19.3. The number of pyridine rings is 1. The zero-order valence-corrected chi connectivity index (χ0v) is 7.69. The molecular formula is C10H9N3O. The molecule has 2 heterocycles. The number of amides is 1. The minimum absolute atomic E-state index is 0.161. The number of carbonyl (C=O) groups excluding carboxylic acids is 1. The number of nitrogens with one attached hydrogen (secondary N) is 1. The van der Waals surface area contributed by atoms with Crippen molar-refractivity contribution in [2.75, 3.05) is 0 Å². The van der Waals surface area contributed by atoms with Crippen molar-refractivity contribution in [2.45, 2.75) is 6.92 Å². The Labute approximate surface area is 81.4 Å². The van der Waals surface area contributed by atoms with Crippen molar-refractivity contribution in [3.8, 4) is 0 Å². The standard InChI is InChI=1S/C10H9N3O/c1-7-12-9(10(14)13-7)5-8-3-2-4-11-6-8/h2-6H,1H3,(H,12,13,14)/b9-5+. The lowest BCUT2D eigenvalue weighted by Gasteiger charge is -1.92. The van der Waals surface area contributed by atoms with E-state index in [4.69, 9.17) is 0 Å². The number of aliphatic imine (C=N–C) groups is 1. The second-order valence-corrected chi connectivity index (χ2v) is 2.97. The summed E-state index contributed by atoms with van der Waals surface area (Å²) < 4.78 is 0. The van der Waals surface area contributed by atoms with Crippen LogP contribution in [0, 0.1) is 0 Å². The summed E-state index contributed by atoms with van der Waals surface area (Å²) in [7, 11) is 0. The third kappa shape index (κ3) is 1.69. The Morgan fingerprint density at radius 2 is 2.36 bits per heavy atom. The van der Waals surface area contributed by atoms with Gasteiger partial charge in [0.15, 0.2) is 0 Å². The van der Waals surface area contributed by atoms with Crippen molar-refractivity contribution >= 4 is 17.8 Å². The fourth-order valence-corrected chi connectivity index (χ4v) is 1.20. The van der Waals surface area contributed by atoms with Crippen LogP contribution in [0.3, 0.4) is 0 Å². The van der Waals surface area contributed by atoms with Gasteiger partial charge in [-0.1, -0.05) is 6.07 Å². The fourth-order valence-electron chi connectivity index (χ4n) is 1.20. The first-order chi connectivity index (χ1) is 6.75. The lowest BCUT2D eigenvalue weighted by atomic mass is 10.2. The van der Waals surface area contributed by atoms with E-state index < -0.39 is 0 Å². The topological polar surface area (TPSA) is 54.4 Å². The van der Waals surface area contributed by atoms with Gasteiger partial charge in [0.1, 0.15) is 11.5 Å². The van der Waals surface area contributed by atoms with Gasteiger partial charge >= 0.3 is 0 Å². The third-order valence-corrected chi connectivity index (χ3v) is 1.80. The average molecular weight is 187 g/mol. The molecule has 4 nitrogen and oxygen atoms in total. The molecule has 0 unspecified atom stereocenters. The fraction of sp³-hybridized carbons (Fsp3) is 0.100. The van der Waals surface area contributed by atoms with Crippen LogP contribution in [0.15, 0.2) is 35.2 Å². The number of aromatic nitrogens is 1. The molecule has 1 aliphatic rings. The van der Waals surface area contributed by atoms with Gasteiger partial charge in [-0.25, -0.2) is 4.99 Å². The van der Waals surface area contributed by atoms with Gasteiger partial charge in [-0.3, -0.25) is 9.78 Å². The van der Waals surface area contributed by atoms with Gasteiger partial charge in [-0.15, -0.1) is 0 Å². The van der Waals surface area contributed by atoms with Crippen molar-refractivity contribution in [1.29, 1.82) is 0 Å². The molecule has 0 aromatic carbocycles. The molecule has 0 atom stereocenters. The summed E-state index contributed by atoms with van der Waals surface area (Å²) in [6, 6.07) is 3.69. The summed E-state index contributed by atoms with van der Waals surface area (Å²) in [6.45, 7) is 1.75. The summed E-state index contributed by atoms with van der Waals surface area (Å²) >= 11 is 0. The van der Waals surface area contributed by atoms with Crippen molar-refractivity contribution in [3.63, 3.8) is 0 Å². The summed E-state index contributed by atoms with van der Waals surface area (Å²) in [5.41, 5.74) is 1.30. The highest BCUT2D eigenvalue weighted by Crippen LogP contribution is 2.10. The molecule has 0 radical (unpaired) electrons. The quantitative estimate of drug-likeness (QED) is 0.666. The van der Waals surface area contributed by atoms with Crippen molar-refractivity contribution < 1.29 is 4.79 Å². The Morgan fingerprint density at radius 3 is 2.93 bits per heavy atom. The zero-order valence-electron chi connectivity index (χ0n) is 7.69. The van der Waals surface area contributed by atoms with E-state index in [0.717, 1.165) is 5.56 Å². The monoisotopic (exact) mass is 187 g/mol. The predicted octanol–water partition coefficient (Wildman–Crippen LogP) is 0.971. The number of amidine groups is 1. The lowest BCUT2D eigenvalue weighted by Crippen LogP contribution is -2.21. The van der Waals surface area contributed by atoms with Gasteiger partial charge in [0.25, 0.3) is 5.91 Å². The molecule has 1 amide bonds. The lowest BCUT2D eigenvalue weighted by molar-refractivity contribution is -0.115. The number of hydrogen-bond donors (Lipinski definition) is 1. The maximum absolute atomic E-state index is 11.3. The maximum Gasteiger partial charge on any atom is 0.275 e. The summed E-state index contributed by atoms with van der Waals surface area (Å²) in [5, 5.41) is 2.61. The van der Waals surface area contributed by atoms with Crippen molar-refractivity contribution in [2.24, 2.45) is 4.99 Å². The normalized spacial score (nSPS) is 18.2. The minimum atomic E-state index is -0.161. The van der Waals surface area contributed by atoms with E-state index in [1.54, 1.807) is 25.4 Å². The molecule has 1 aromatic heterocycles. The Hall–Kier alpha value is -1.97. The highest BCUT2D eigenvalue weighted by Gasteiger charge is 2.16. The zero-order chi connectivity index (χ0) is 9.97. The van der Waals surface area contributed by atoms with E-state index in [1.807, 2.05) is 12.1 Å². The average Bonchev–Trinajstić information content (AvgIpc) is 2.47. The van der Waals surface area contributed by atoms with E-state index in [2.05, 4.69) is 15.3 Å². The van der Waals surface area contributed by atoms with E-state index in [-0.39, 0.29) is 5.91 Å². The predicted molar refractivity (Wildman–Crippen MR) is 53.5 cm³/mol. The molecule has 0 bridgehead atoms. The molecule has 0 aliphatic carbocycles. The molecule has 1 N–H and O–H groups in total. The second-order valence-electron chi connectivity index (χ2n) is 2.97. The molecular weight excluding hydrogens is 178 g/mol. The molecule has 1 aliphatic heterocycles. The van der Waals surface area contributed by atoms with Gasteiger partial charge < -0.3 is 5.32 Å². The van der Waals surface area contributed by atoms with Crippen LogP contribution in [0.25, 0.3) is 6.08 Å². The van der Waals surface area contributed by atoms with Crippen LogP contribution in [-0.4, -0.2) is 16.7 Å². The Kier molecular flexibility index (Phi) is 2.10. The molecule has 0 saturated heterocycles.